The number of nitrogens with zero attached hydrogens (tertiary/aromatic N) is 1. The highest BCUT2D eigenvalue weighted by molar-refractivity contribution is 5.77. The highest BCUT2D eigenvalue weighted by Gasteiger charge is 2.22. The third-order valence-electron chi connectivity index (χ3n) is 3.31. The summed E-state index contributed by atoms with van der Waals surface area (Å²) in [6, 6.07) is 0. The van der Waals surface area contributed by atoms with Crippen molar-refractivity contribution in [3.05, 3.63) is 11.6 Å². The van der Waals surface area contributed by atoms with Gasteiger partial charge in [-0.3, -0.25) is 4.79 Å². The Labute approximate surface area is 91.5 Å². The highest BCUT2D eigenvalue weighted by Crippen LogP contribution is 2.16. The summed E-state index contributed by atoms with van der Waals surface area (Å²) in [4.78, 5) is 14.0. The highest BCUT2D eigenvalue weighted by atomic mass is 16.2. The molecule has 3 heteroatoms. The Balaban J connectivity index is 1.82. The fraction of sp³-hybridized carbons (Fsp3) is 0.750. The molecule has 2 rings (SSSR count). The number of hydrogen-bond donors (Lipinski definition) is 1. The molecule has 84 valence electrons. The van der Waals surface area contributed by atoms with Crippen LogP contribution in [0.15, 0.2) is 11.6 Å². The Morgan fingerprint density at radius 2 is 2.53 bits per heavy atom. The van der Waals surface area contributed by atoms with E-state index >= 15 is 0 Å². The van der Waals surface area contributed by atoms with E-state index in [9.17, 15) is 4.79 Å². The van der Waals surface area contributed by atoms with E-state index in [0.717, 1.165) is 45.4 Å². The molecule has 1 atom stereocenters. The normalized spacial score (nSPS) is 26.6. The maximum Gasteiger partial charge on any atom is 0.223 e. The van der Waals surface area contributed by atoms with Gasteiger partial charge in [0.2, 0.25) is 5.91 Å². The monoisotopic (exact) mass is 208 g/mol. The molecule has 2 aliphatic rings. The fourth-order valence-corrected chi connectivity index (χ4v) is 2.39. The molecule has 1 N–H and O–H groups in total. The zero-order chi connectivity index (χ0) is 10.7. The van der Waals surface area contributed by atoms with Crippen molar-refractivity contribution in [3.8, 4) is 0 Å². The first-order valence-electron chi connectivity index (χ1n) is 5.90. The topological polar surface area (TPSA) is 32.3 Å². The average Bonchev–Trinajstić information content (AvgIpc) is 2.70. The lowest BCUT2D eigenvalue weighted by Crippen LogP contribution is -2.36. The average molecular weight is 208 g/mol. The quantitative estimate of drug-likeness (QED) is 0.691. The van der Waals surface area contributed by atoms with Crippen LogP contribution in [0.25, 0.3) is 0 Å². The summed E-state index contributed by atoms with van der Waals surface area (Å²) in [5.74, 6) is 0.917. The summed E-state index contributed by atoms with van der Waals surface area (Å²) in [5, 5.41) is 3.31. The molecule has 0 spiro atoms. The summed E-state index contributed by atoms with van der Waals surface area (Å²) in [7, 11) is 0. The van der Waals surface area contributed by atoms with E-state index in [2.05, 4.69) is 18.3 Å². The lowest BCUT2D eigenvalue weighted by atomic mass is 10.0. The minimum atomic E-state index is 0.344. The zero-order valence-electron chi connectivity index (χ0n) is 9.46. The standard InChI is InChI=1S/C12H20N2O/c1-10-3-2-6-14(9-10)12(15)7-11-4-5-13-8-11/h3,11,13H,2,4-9H2,1H3. The van der Waals surface area contributed by atoms with Gasteiger partial charge in [0.1, 0.15) is 0 Å². The van der Waals surface area contributed by atoms with Gasteiger partial charge in [-0.05, 0) is 38.8 Å². The molecule has 3 nitrogen and oxygen atoms in total. The minimum absolute atomic E-state index is 0.344. The molecule has 1 saturated heterocycles. The molecular formula is C12H20N2O. The van der Waals surface area contributed by atoms with Gasteiger partial charge in [-0.2, -0.15) is 0 Å². The van der Waals surface area contributed by atoms with Gasteiger partial charge >= 0.3 is 0 Å². The Morgan fingerprint density at radius 3 is 3.20 bits per heavy atom. The van der Waals surface area contributed by atoms with E-state index in [-0.39, 0.29) is 0 Å². The second-order valence-electron chi connectivity index (χ2n) is 4.72. The second kappa shape index (κ2) is 4.79. The molecule has 0 bridgehead atoms. The van der Waals surface area contributed by atoms with Crippen LogP contribution in [0.1, 0.15) is 26.2 Å². The van der Waals surface area contributed by atoms with Crippen LogP contribution in [0.3, 0.4) is 0 Å². The van der Waals surface area contributed by atoms with Crippen LogP contribution in [-0.2, 0) is 4.79 Å². The lowest BCUT2D eigenvalue weighted by Gasteiger charge is -2.27. The van der Waals surface area contributed by atoms with Crippen molar-refractivity contribution in [2.45, 2.75) is 26.2 Å². The Hall–Kier alpha value is -0.830. The van der Waals surface area contributed by atoms with Gasteiger partial charge in [0.15, 0.2) is 0 Å². The van der Waals surface area contributed by atoms with E-state index in [1.807, 2.05) is 4.90 Å². The number of carbonyl (C=O) groups excluding carboxylic acids is 1. The molecule has 1 amide bonds. The van der Waals surface area contributed by atoms with Gasteiger partial charge in [-0.25, -0.2) is 0 Å². The SMILES string of the molecule is CC1=CCCN(C(=O)CC2CCNC2)C1. The van der Waals surface area contributed by atoms with Crippen molar-refractivity contribution in [1.82, 2.24) is 10.2 Å². The van der Waals surface area contributed by atoms with Gasteiger partial charge in [-0.1, -0.05) is 11.6 Å². The van der Waals surface area contributed by atoms with Crippen molar-refractivity contribution in [1.29, 1.82) is 0 Å². The van der Waals surface area contributed by atoms with Crippen LogP contribution >= 0.6 is 0 Å². The van der Waals surface area contributed by atoms with Crippen LogP contribution < -0.4 is 5.32 Å². The molecular weight excluding hydrogens is 188 g/mol. The van der Waals surface area contributed by atoms with Crippen LogP contribution in [0.2, 0.25) is 0 Å². The van der Waals surface area contributed by atoms with E-state index < -0.39 is 0 Å². The smallest absolute Gasteiger partial charge is 0.223 e. The van der Waals surface area contributed by atoms with Crippen molar-refractivity contribution in [3.63, 3.8) is 0 Å². The van der Waals surface area contributed by atoms with E-state index in [1.54, 1.807) is 0 Å². The van der Waals surface area contributed by atoms with Crippen LogP contribution in [0.4, 0.5) is 0 Å². The molecule has 0 radical (unpaired) electrons. The van der Waals surface area contributed by atoms with E-state index in [0.29, 0.717) is 11.8 Å². The summed E-state index contributed by atoms with van der Waals surface area (Å²) in [6.07, 6.45) is 5.16. The zero-order valence-corrected chi connectivity index (χ0v) is 9.46. The van der Waals surface area contributed by atoms with E-state index in [1.165, 1.54) is 5.57 Å². The van der Waals surface area contributed by atoms with Crippen LogP contribution in [0.5, 0.6) is 0 Å². The number of hydrogen-bond acceptors (Lipinski definition) is 2. The molecule has 2 heterocycles. The predicted octanol–water partition coefficient (Wildman–Crippen LogP) is 1.16. The fourth-order valence-electron chi connectivity index (χ4n) is 2.39. The lowest BCUT2D eigenvalue weighted by molar-refractivity contribution is -0.131. The third-order valence-corrected chi connectivity index (χ3v) is 3.31. The van der Waals surface area contributed by atoms with Crippen molar-refractivity contribution < 1.29 is 4.79 Å². The molecule has 0 aliphatic carbocycles. The molecule has 0 saturated carbocycles. The second-order valence-corrected chi connectivity index (χ2v) is 4.72. The first-order chi connectivity index (χ1) is 7.25. The molecule has 0 aromatic heterocycles. The summed E-state index contributed by atoms with van der Waals surface area (Å²) in [5.41, 5.74) is 1.33. The molecule has 2 aliphatic heterocycles. The molecule has 1 unspecified atom stereocenters. The minimum Gasteiger partial charge on any atom is -0.338 e. The van der Waals surface area contributed by atoms with Crippen LogP contribution in [0, 0.1) is 5.92 Å². The third kappa shape index (κ3) is 2.81. The summed E-state index contributed by atoms with van der Waals surface area (Å²) >= 11 is 0. The maximum absolute atomic E-state index is 12.0. The molecule has 0 aromatic rings. The molecule has 1 fully saturated rings. The van der Waals surface area contributed by atoms with Crippen LogP contribution in [-0.4, -0.2) is 37.0 Å². The largest absolute Gasteiger partial charge is 0.338 e. The van der Waals surface area contributed by atoms with E-state index in [4.69, 9.17) is 0 Å². The van der Waals surface area contributed by atoms with Crippen molar-refractivity contribution in [2.24, 2.45) is 5.92 Å². The number of nitrogens with one attached hydrogen (secondary N) is 1. The maximum atomic E-state index is 12.0. The molecule has 15 heavy (non-hydrogen) atoms. The Morgan fingerprint density at radius 1 is 1.67 bits per heavy atom. The predicted molar refractivity (Wildman–Crippen MR) is 60.5 cm³/mol. The van der Waals surface area contributed by atoms with Gasteiger partial charge in [0, 0.05) is 19.5 Å². The number of amides is 1. The van der Waals surface area contributed by atoms with Gasteiger partial charge in [0.05, 0.1) is 0 Å². The summed E-state index contributed by atoms with van der Waals surface area (Å²) < 4.78 is 0. The molecule has 0 aromatic carbocycles. The first-order valence-corrected chi connectivity index (χ1v) is 5.90. The number of rotatable bonds is 2. The Bertz CT molecular complexity index is 267. The number of carbonyl (C=O) groups is 1. The van der Waals surface area contributed by atoms with Crippen molar-refractivity contribution in [2.75, 3.05) is 26.2 Å². The Kier molecular flexibility index (Phi) is 3.41. The first kappa shape index (κ1) is 10.7. The van der Waals surface area contributed by atoms with Crippen molar-refractivity contribution >= 4 is 5.91 Å². The van der Waals surface area contributed by atoms with Gasteiger partial charge in [-0.15, -0.1) is 0 Å². The van der Waals surface area contributed by atoms with Gasteiger partial charge < -0.3 is 10.2 Å². The summed E-state index contributed by atoms with van der Waals surface area (Å²) in [6.45, 7) is 5.97. The van der Waals surface area contributed by atoms with Gasteiger partial charge in [0.25, 0.3) is 0 Å².